The summed E-state index contributed by atoms with van der Waals surface area (Å²) in [7, 11) is 0. The van der Waals surface area contributed by atoms with E-state index in [-0.39, 0.29) is 12.1 Å². The zero-order valence-corrected chi connectivity index (χ0v) is 12.8. The number of halogens is 1. The molecule has 0 aliphatic rings. The highest BCUT2D eigenvalue weighted by Crippen LogP contribution is 2.24. The third kappa shape index (κ3) is 5.06. The van der Waals surface area contributed by atoms with Crippen LogP contribution in [0.25, 0.3) is 0 Å². The molecule has 0 saturated heterocycles. The molecule has 0 fully saturated rings. The van der Waals surface area contributed by atoms with Crippen molar-refractivity contribution in [2.75, 3.05) is 6.61 Å². The molecule has 0 saturated carbocycles. The molecule has 0 aliphatic heterocycles. The van der Waals surface area contributed by atoms with Gasteiger partial charge >= 0.3 is 0 Å². The van der Waals surface area contributed by atoms with Crippen LogP contribution < -0.4 is 11.3 Å². The number of hydrogen-bond donors (Lipinski definition) is 2. The van der Waals surface area contributed by atoms with Crippen LogP contribution in [0.15, 0.2) is 15.9 Å². The molecule has 1 aromatic heterocycles. The zero-order valence-electron chi connectivity index (χ0n) is 10.4. The number of nitrogens with two attached hydrogens (primary N) is 1. The largest absolute Gasteiger partial charge is 0.377 e. The molecule has 3 N–H and O–H groups in total. The van der Waals surface area contributed by atoms with Gasteiger partial charge in [-0.2, -0.15) is 0 Å². The molecule has 0 radical (unpaired) electrons. The number of hydrazine groups is 1. The lowest BCUT2D eigenvalue weighted by atomic mass is 10.0. The lowest BCUT2D eigenvalue weighted by Gasteiger charge is -2.25. The van der Waals surface area contributed by atoms with Crippen molar-refractivity contribution in [1.29, 1.82) is 0 Å². The standard InChI is InChI=1S/C12H21BrN2OS/c1-3-5-11(16-4-2)10(15-14)8-9-6-7-12(13)17-9/h6-7,10-11,15H,3-5,8,14H2,1-2H3. The summed E-state index contributed by atoms with van der Waals surface area (Å²) in [5, 5.41) is 0. The first-order valence-corrected chi connectivity index (χ1v) is 7.64. The van der Waals surface area contributed by atoms with Gasteiger partial charge in [-0.3, -0.25) is 11.3 Å². The predicted molar refractivity (Wildman–Crippen MR) is 77.2 cm³/mol. The lowest BCUT2D eigenvalue weighted by molar-refractivity contribution is 0.0283. The van der Waals surface area contributed by atoms with E-state index in [0.717, 1.165) is 29.7 Å². The quantitative estimate of drug-likeness (QED) is 0.571. The first-order chi connectivity index (χ1) is 8.21. The van der Waals surface area contributed by atoms with E-state index in [9.17, 15) is 0 Å². The van der Waals surface area contributed by atoms with Gasteiger partial charge in [0, 0.05) is 17.9 Å². The summed E-state index contributed by atoms with van der Waals surface area (Å²) >= 11 is 5.23. The van der Waals surface area contributed by atoms with Crippen molar-refractivity contribution in [2.24, 2.45) is 5.84 Å². The van der Waals surface area contributed by atoms with Gasteiger partial charge in [0.05, 0.1) is 15.9 Å². The summed E-state index contributed by atoms with van der Waals surface area (Å²) in [6.07, 6.45) is 3.25. The molecule has 0 aliphatic carbocycles. The Kier molecular flexibility index (Phi) is 7.30. The molecule has 98 valence electrons. The Labute approximate surface area is 116 Å². The number of rotatable bonds is 8. The molecule has 0 amide bonds. The highest BCUT2D eigenvalue weighted by molar-refractivity contribution is 9.11. The van der Waals surface area contributed by atoms with E-state index in [2.05, 4.69) is 40.4 Å². The van der Waals surface area contributed by atoms with Crippen LogP contribution in [0.5, 0.6) is 0 Å². The van der Waals surface area contributed by atoms with Gasteiger partial charge in [0.1, 0.15) is 0 Å². The maximum atomic E-state index is 5.76. The summed E-state index contributed by atoms with van der Waals surface area (Å²) in [4.78, 5) is 1.32. The molecule has 5 heteroatoms. The maximum absolute atomic E-state index is 5.76. The van der Waals surface area contributed by atoms with Crippen molar-refractivity contribution in [3.63, 3.8) is 0 Å². The molecule has 2 unspecified atom stereocenters. The van der Waals surface area contributed by atoms with Gasteiger partial charge in [-0.1, -0.05) is 13.3 Å². The fourth-order valence-electron chi connectivity index (χ4n) is 1.88. The van der Waals surface area contributed by atoms with Crippen LogP contribution in [0.4, 0.5) is 0 Å². The molecule has 0 bridgehead atoms. The predicted octanol–water partition coefficient (Wildman–Crippen LogP) is 3.09. The minimum Gasteiger partial charge on any atom is -0.377 e. The Balaban J connectivity index is 2.61. The van der Waals surface area contributed by atoms with Gasteiger partial charge in [-0.15, -0.1) is 11.3 Å². The monoisotopic (exact) mass is 320 g/mol. The van der Waals surface area contributed by atoms with Crippen LogP contribution in [0.1, 0.15) is 31.6 Å². The molecule has 1 rings (SSSR count). The van der Waals surface area contributed by atoms with Crippen molar-refractivity contribution in [3.8, 4) is 0 Å². The van der Waals surface area contributed by atoms with Crippen molar-refractivity contribution >= 4 is 27.3 Å². The van der Waals surface area contributed by atoms with Crippen LogP contribution in [0.3, 0.4) is 0 Å². The molecule has 1 aromatic rings. The molecule has 1 heterocycles. The smallest absolute Gasteiger partial charge is 0.0744 e. The van der Waals surface area contributed by atoms with Crippen LogP contribution in [0.2, 0.25) is 0 Å². The second-order valence-electron chi connectivity index (χ2n) is 3.97. The minimum atomic E-state index is 0.181. The Hall–Kier alpha value is 0.0600. The topological polar surface area (TPSA) is 47.3 Å². The van der Waals surface area contributed by atoms with Crippen molar-refractivity contribution in [2.45, 2.75) is 45.3 Å². The molecule has 0 spiro atoms. The van der Waals surface area contributed by atoms with Gasteiger partial charge < -0.3 is 4.74 Å². The highest BCUT2D eigenvalue weighted by atomic mass is 79.9. The summed E-state index contributed by atoms with van der Waals surface area (Å²) in [6, 6.07) is 4.39. The molecule has 2 atom stereocenters. The zero-order chi connectivity index (χ0) is 12.7. The molecular formula is C12H21BrN2OS. The van der Waals surface area contributed by atoms with E-state index in [0.29, 0.717) is 0 Å². The van der Waals surface area contributed by atoms with Crippen molar-refractivity contribution < 1.29 is 4.74 Å². The van der Waals surface area contributed by atoms with E-state index in [1.807, 2.05) is 6.92 Å². The van der Waals surface area contributed by atoms with Gasteiger partial charge in [0.15, 0.2) is 0 Å². The number of ether oxygens (including phenoxy) is 1. The van der Waals surface area contributed by atoms with Crippen LogP contribution in [-0.2, 0) is 11.2 Å². The van der Waals surface area contributed by atoms with Crippen molar-refractivity contribution in [3.05, 3.63) is 20.8 Å². The number of nitrogens with one attached hydrogen (secondary N) is 1. The van der Waals surface area contributed by atoms with Gasteiger partial charge in [0.2, 0.25) is 0 Å². The van der Waals surface area contributed by atoms with Gasteiger partial charge in [0.25, 0.3) is 0 Å². The second-order valence-corrected chi connectivity index (χ2v) is 6.51. The Morgan fingerprint density at radius 3 is 2.71 bits per heavy atom. The molecule has 0 aromatic carbocycles. The lowest BCUT2D eigenvalue weighted by Crippen LogP contribution is -2.46. The third-order valence-electron chi connectivity index (χ3n) is 2.67. The Morgan fingerprint density at radius 2 is 2.24 bits per heavy atom. The SMILES string of the molecule is CCCC(OCC)C(Cc1ccc(Br)s1)NN. The minimum absolute atomic E-state index is 0.181. The highest BCUT2D eigenvalue weighted by Gasteiger charge is 2.20. The van der Waals surface area contributed by atoms with Crippen LogP contribution in [0, 0.1) is 0 Å². The average Bonchev–Trinajstić information content (AvgIpc) is 2.72. The summed E-state index contributed by atoms with van der Waals surface area (Å²) in [5.74, 6) is 5.65. The first kappa shape index (κ1) is 15.1. The average molecular weight is 321 g/mol. The van der Waals surface area contributed by atoms with Gasteiger partial charge in [-0.05, 0) is 41.4 Å². The Morgan fingerprint density at radius 1 is 1.47 bits per heavy atom. The fourth-order valence-corrected chi connectivity index (χ4v) is 3.42. The summed E-state index contributed by atoms with van der Waals surface area (Å²) in [5.41, 5.74) is 2.90. The molecule has 17 heavy (non-hydrogen) atoms. The van der Waals surface area contributed by atoms with E-state index in [1.54, 1.807) is 11.3 Å². The van der Waals surface area contributed by atoms with E-state index < -0.39 is 0 Å². The summed E-state index contributed by atoms with van der Waals surface area (Å²) < 4.78 is 6.92. The molecule has 3 nitrogen and oxygen atoms in total. The van der Waals surface area contributed by atoms with Crippen molar-refractivity contribution in [1.82, 2.24) is 5.43 Å². The number of thiophene rings is 1. The second kappa shape index (κ2) is 8.21. The first-order valence-electron chi connectivity index (χ1n) is 6.03. The fraction of sp³-hybridized carbons (Fsp3) is 0.667. The maximum Gasteiger partial charge on any atom is 0.0744 e. The van der Waals surface area contributed by atoms with Crippen LogP contribution >= 0.6 is 27.3 Å². The Bertz CT molecular complexity index is 313. The third-order valence-corrected chi connectivity index (χ3v) is 4.31. The van der Waals surface area contributed by atoms with Gasteiger partial charge in [-0.25, -0.2) is 0 Å². The van der Waals surface area contributed by atoms with E-state index in [1.165, 1.54) is 4.88 Å². The molecular weight excluding hydrogens is 300 g/mol. The van der Waals surface area contributed by atoms with Crippen LogP contribution in [-0.4, -0.2) is 18.8 Å². The normalized spacial score (nSPS) is 14.8. The number of hydrogen-bond acceptors (Lipinski definition) is 4. The summed E-state index contributed by atoms with van der Waals surface area (Å²) in [6.45, 7) is 4.93. The van der Waals surface area contributed by atoms with E-state index >= 15 is 0 Å². The van der Waals surface area contributed by atoms with E-state index in [4.69, 9.17) is 10.6 Å².